The molecular formula is C17H20N2O3. The van der Waals surface area contributed by atoms with E-state index in [0.29, 0.717) is 19.7 Å². The molecule has 22 heavy (non-hydrogen) atoms. The average molecular weight is 300 g/mol. The van der Waals surface area contributed by atoms with Crippen LogP contribution in [-0.2, 0) is 4.74 Å². The molecule has 1 aliphatic rings. The lowest BCUT2D eigenvalue weighted by molar-refractivity contribution is -0.0158. The summed E-state index contributed by atoms with van der Waals surface area (Å²) < 4.78 is 11.1. The molecule has 1 aliphatic heterocycles. The normalized spacial score (nSPS) is 19.7. The maximum absolute atomic E-state index is 12.4. The number of carbonyl (C=O) groups excluding carboxylic acids is 1. The summed E-state index contributed by atoms with van der Waals surface area (Å²) in [4.78, 5) is 14.2. The Balaban J connectivity index is 1.61. The number of ether oxygens (including phenoxy) is 1. The first-order valence-corrected chi connectivity index (χ1v) is 7.49. The molecule has 2 heterocycles. The minimum Gasteiger partial charge on any atom is -0.467 e. The van der Waals surface area contributed by atoms with Crippen molar-refractivity contribution in [2.45, 2.75) is 19.1 Å². The lowest BCUT2D eigenvalue weighted by Crippen LogP contribution is -2.47. The Morgan fingerprint density at radius 1 is 1.27 bits per heavy atom. The summed E-state index contributed by atoms with van der Waals surface area (Å²) in [6.07, 6.45) is 1.54. The van der Waals surface area contributed by atoms with Crippen molar-refractivity contribution in [3.63, 3.8) is 0 Å². The summed E-state index contributed by atoms with van der Waals surface area (Å²) in [6.45, 7) is 3.61. The van der Waals surface area contributed by atoms with Gasteiger partial charge in [0.1, 0.15) is 11.9 Å². The average Bonchev–Trinajstić information content (AvgIpc) is 3.10. The quantitative estimate of drug-likeness (QED) is 0.947. The van der Waals surface area contributed by atoms with Crippen LogP contribution in [0.1, 0.15) is 30.4 Å². The van der Waals surface area contributed by atoms with Gasteiger partial charge >= 0.3 is 6.03 Å². The lowest BCUT2D eigenvalue weighted by Gasteiger charge is -2.33. The minimum absolute atomic E-state index is 0.0698. The second kappa shape index (κ2) is 6.66. The number of carbonyl (C=O) groups is 1. The molecule has 2 aromatic rings. The van der Waals surface area contributed by atoms with E-state index < -0.39 is 0 Å². The van der Waals surface area contributed by atoms with Crippen LogP contribution in [0.15, 0.2) is 53.1 Å². The van der Waals surface area contributed by atoms with Gasteiger partial charge in [0, 0.05) is 6.54 Å². The van der Waals surface area contributed by atoms with Crippen molar-refractivity contribution < 1.29 is 13.9 Å². The molecule has 2 amide bonds. The standard InChI is InChI=1S/C17H20N2O3/c1-13(15-8-5-10-21-15)18-17(20)19-9-11-22-16(12-19)14-6-3-2-4-7-14/h2-8,10,13,16H,9,11-12H2,1H3,(H,18,20). The third-order valence-corrected chi connectivity index (χ3v) is 3.83. The SMILES string of the molecule is CC(NC(=O)N1CCOC(c2ccccc2)C1)c1ccco1. The van der Waals surface area contributed by atoms with Crippen molar-refractivity contribution in [1.29, 1.82) is 0 Å². The van der Waals surface area contributed by atoms with Crippen LogP contribution in [0.2, 0.25) is 0 Å². The van der Waals surface area contributed by atoms with Crippen LogP contribution in [0.5, 0.6) is 0 Å². The highest BCUT2D eigenvalue weighted by molar-refractivity contribution is 5.74. The van der Waals surface area contributed by atoms with Gasteiger partial charge in [0.2, 0.25) is 0 Å². The van der Waals surface area contributed by atoms with Gasteiger partial charge in [-0.05, 0) is 24.6 Å². The predicted octanol–water partition coefficient (Wildman–Crippen LogP) is 3.12. The first-order chi connectivity index (χ1) is 10.7. The Morgan fingerprint density at radius 3 is 2.82 bits per heavy atom. The van der Waals surface area contributed by atoms with Crippen molar-refractivity contribution in [2.24, 2.45) is 0 Å². The number of urea groups is 1. The van der Waals surface area contributed by atoms with Crippen LogP contribution >= 0.6 is 0 Å². The molecule has 2 unspecified atom stereocenters. The number of hydrogen-bond acceptors (Lipinski definition) is 3. The molecule has 0 spiro atoms. The molecule has 0 radical (unpaired) electrons. The van der Waals surface area contributed by atoms with Gasteiger partial charge in [-0.3, -0.25) is 0 Å². The van der Waals surface area contributed by atoms with Gasteiger partial charge in [-0.15, -0.1) is 0 Å². The Bertz CT molecular complexity index is 598. The molecule has 1 aromatic carbocycles. The largest absolute Gasteiger partial charge is 0.467 e. The van der Waals surface area contributed by atoms with Crippen LogP contribution < -0.4 is 5.32 Å². The molecule has 3 rings (SSSR count). The van der Waals surface area contributed by atoms with Gasteiger partial charge in [-0.1, -0.05) is 30.3 Å². The summed E-state index contributed by atoms with van der Waals surface area (Å²) in [5.74, 6) is 0.751. The van der Waals surface area contributed by atoms with E-state index in [1.807, 2.05) is 49.4 Å². The Morgan fingerprint density at radius 2 is 2.09 bits per heavy atom. The fourth-order valence-corrected chi connectivity index (χ4v) is 2.59. The molecule has 5 heteroatoms. The number of rotatable bonds is 3. The van der Waals surface area contributed by atoms with Crippen LogP contribution in [-0.4, -0.2) is 30.6 Å². The van der Waals surface area contributed by atoms with E-state index in [9.17, 15) is 4.79 Å². The topological polar surface area (TPSA) is 54.7 Å². The Labute approximate surface area is 129 Å². The van der Waals surface area contributed by atoms with Crippen molar-refractivity contribution in [2.75, 3.05) is 19.7 Å². The molecule has 0 aliphatic carbocycles. The molecular weight excluding hydrogens is 280 g/mol. The molecule has 116 valence electrons. The second-order valence-electron chi connectivity index (χ2n) is 5.40. The van der Waals surface area contributed by atoms with Crippen LogP contribution in [0, 0.1) is 0 Å². The Hall–Kier alpha value is -2.27. The van der Waals surface area contributed by atoms with E-state index in [4.69, 9.17) is 9.15 Å². The van der Waals surface area contributed by atoms with Gasteiger partial charge in [0.25, 0.3) is 0 Å². The summed E-state index contributed by atoms with van der Waals surface area (Å²) >= 11 is 0. The number of hydrogen-bond donors (Lipinski definition) is 1. The second-order valence-corrected chi connectivity index (χ2v) is 5.40. The smallest absolute Gasteiger partial charge is 0.318 e. The maximum atomic E-state index is 12.4. The molecule has 1 fully saturated rings. The van der Waals surface area contributed by atoms with E-state index in [-0.39, 0.29) is 18.2 Å². The van der Waals surface area contributed by atoms with Crippen molar-refractivity contribution in [1.82, 2.24) is 10.2 Å². The molecule has 0 saturated carbocycles. The molecule has 1 saturated heterocycles. The first kappa shape index (κ1) is 14.7. The third-order valence-electron chi connectivity index (χ3n) is 3.83. The number of benzene rings is 1. The monoisotopic (exact) mass is 300 g/mol. The summed E-state index contributed by atoms with van der Waals surface area (Å²) in [6, 6.07) is 13.4. The zero-order valence-corrected chi connectivity index (χ0v) is 12.6. The maximum Gasteiger partial charge on any atom is 0.318 e. The van der Waals surface area contributed by atoms with E-state index in [1.54, 1.807) is 11.2 Å². The van der Waals surface area contributed by atoms with Gasteiger partial charge in [0.15, 0.2) is 0 Å². The van der Waals surface area contributed by atoms with E-state index in [2.05, 4.69) is 5.32 Å². The molecule has 5 nitrogen and oxygen atoms in total. The third kappa shape index (κ3) is 3.31. The van der Waals surface area contributed by atoms with Crippen LogP contribution in [0.4, 0.5) is 4.79 Å². The highest BCUT2D eigenvalue weighted by Gasteiger charge is 2.26. The zero-order valence-electron chi connectivity index (χ0n) is 12.6. The van der Waals surface area contributed by atoms with E-state index >= 15 is 0 Å². The van der Waals surface area contributed by atoms with E-state index in [0.717, 1.165) is 11.3 Å². The fraction of sp³-hybridized carbons (Fsp3) is 0.353. The first-order valence-electron chi connectivity index (χ1n) is 7.49. The minimum atomic E-state index is -0.152. The van der Waals surface area contributed by atoms with Crippen LogP contribution in [0.3, 0.4) is 0 Å². The van der Waals surface area contributed by atoms with Crippen molar-refractivity contribution in [3.05, 3.63) is 60.1 Å². The number of nitrogens with zero attached hydrogens (tertiary/aromatic N) is 1. The van der Waals surface area contributed by atoms with Crippen LogP contribution in [0.25, 0.3) is 0 Å². The summed E-state index contributed by atoms with van der Waals surface area (Å²) in [5, 5.41) is 2.96. The predicted molar refractivity (Wildman–Crippen MR) is 82.4 cm³/mol. The van der Waals surface area contributed by atoms with Gasteiger partial charge < -0.3 is 19.4 Å². The Kier molecular flexibility index (Phi) is 4.44. The number of morpholine rings is 1. The highest BCUT2D eigenvalue weighted by Crippen LogP contribution is 2.22. The number of nitrogens with one attached hydrogen (secondary N) is 1. The van der Waals surface area contributed by atoms with Gasteiger partial charge in [0.05, 0.1) is 25.5 Å². The van der Waals surface area contributed by atoms with Gasteiger partial charge in [-0.2, -0.15) is 0 Å². The lowest BCUT2D eigenvalue weighted by atomic mass is 10.1. The van der Waals surface area contributed by atoms with Gasteiger partial charge in [-0.25, -0.2) is 4.79 Å². The zero-order chi connectivity index (χ0) is 15.4. The fourth-order valence-electron chi connectivity index (χ4n) is 2.59. The van der Waals surface area contributed by atoms with Crippen molar-refractivity contribution >= 4 is 6.03 Å². The molecule has 2 atom stereocenters. The number of amides is 2. The van der Waals surface area contributed by atoms with Crippen molar-refractivity contribution in [3.8, 4) is 0 Å². The molecule has 1 N–H and O–H groups in total. The molecule has 1 aromatic heterocycles. The summed E-state index contributed by atoms with van der Waals surface area (Å²) in [7, 11) is 0. The number of furan rings is 1. The highest BCUT2D eigenvalue weighted by atomic mass is 16.5. The van der Waals surface area contributed by atoms with E-state index in [1.165, 1.54) is 0 Å². The molecule has 0 bridgehead atoms. The summed E-state index contributed by atoms with van der Waals surface area (Å²) in [5.41, 5.74) is 1.10.